The van der Waals surface area contributed by atoms with Crippen molar-refractivity contribution in [2.24, 2.45) is 0 Å². The van der Waals surface area contributed by atoms with Crippen LogP contribution in [0.4, 0.5) is 4.79 Å². The highest BCUT2D eigenvalue weighted by Gasteiger charge is 2.37. The van der Waals surface area contributed by atoms with Crippen molar-refractivity contribution in [2.45, 2.75) is 124 Å². The molecule has 1 rings (SSSR count). The highest BCUT2D eigenvalue weighted by molar-refractivity contribution is 7.98. The molecule has 1 aromatic carbocycles. The lowest BCUT2D eigenvalue weighted by atomic mass is 9.95. The van der Waals surface area contributed by atoms with Crippen molar-refractivity contribution in [1.29, 1.82) is 0 Å². The van der Waals surface area contributed by atoms with Crippen molar-refractivity contribution >= 4 is 29.7 Å². The Bertz CT molecular complexity index is 916. The molecule has 0 radical (unpaired) electrons. The Kier molecular flexibility index (Phi) is 15.6. The molecule has 3 unspecified atom stereocenters. The van der Waals surface area contributed by atoms with Crippen molar-refractivity contribution in [3.05, 3.63) is 34.9 Å². The van der Waals surface area contributed by atoms with Crippen molar-refractivity contribution < 1.29 is 19.1 Å². The average Bonchev–Trinajstić information content (AvgIpc) is 2.84. The van der Waals surface area contributed by atoms with E-state index in [-0.39, 0.29) is 17.9 Å². The molecule has 1 aromatic rings. The van der Waals surface area contributed by atoms with Gasteiger partial charge in [0.1, 0.15) is 17.7 Å². The maximum absolute atomic E-state index is 14.3. The first-order valence-electron chi connectivity index (χ1n) is 14.5. The molecule has 0 saturated carbocycles. The summed E-state index contributed by atoms with van der Waals surface area (Å²) in [6, 6.07) is 4.42. The van der Waals surface area contributed by atoms with Gasteiger partial charge in [-0.1, -0.05) is 63.3 Å². The van der Waals surface area contributed by atoms with Crippen LogP contribution in [0.5, 0.6) is 0 Å². The zero-order valence-electron chi connectivity index (χ0n) is 25.8. The summed E-state index contributed by atoms with van der Waals surface area (Å²) in [5.74, 6) is 0.244. The summed E-state index contributed by atoms with van der Waals surface area (Å²) in [4.78, 5) is 42.7. The number of hydrogen-bond acceptors (Lipinski definition) is 5. The van der Waals surface area contributed by atoms with E-state index in [0.717, 1.165) is 55.2 Å². The summed E-state index contributed by atoms with van der Waals surface area (Å²) in [6.45, 7) is 16.0. The number of thioether (sulfide) groups is 1. The van der Waals surface area contributed by atoms with E-state index in [0.29, 0.717) is 18.7 Å². The SMILES string of the molecule is CCCCCCN(C(=O)C(CCSC)NC(=O)OC(C)(C)C)C(C(=O)NC(C)CCC)c1cc(C)ccc1C. The summed E-state index contributed by atoms with van der Waals surface area (Å²) in [6.07, 6.45) is 7.46. The monoisotopic (exact) mass is 563 g/mol. The zero-order chi connectivity index (χ0) is 29.6. The molecule has 222 valence electrons. The Labute approximate surface area is 241 Å². The van der Waals surface area contributed by atoms with Gasteiger partial charge in [0.25, 0.3) is 0 Å². The molecule has 39 heavy (non-hydrogen) atoms. The van der Waals surface area contributed by atoms with Gasteiger partial charge in [-0.3, -0.25) is 9.59 Å². The molecule has 0 saturated heterocycles. The summed E-state index contributed by atoms with van der Waals surface area (Å²) in [5.41, 5.74) is 2.12. The number of ether oxygens (including phenoxy) is 1. The van der Waals surface area contributed by atoms with Gasteiger partial charge in [-0.25, -0.2) is 4.79 Å². The van der Waals surface area contributed by atoms with E-state index < -0.39 is 23.8 Å². The molecule has 0 fully saturated rings. The van der Waals surface area contributed by atoms with Gasteiger partial charge in [0, 0.05) is 12.6 Å². The molecule has 8 heteroatoms. The second kappa shape index (κ2) is 17.5. The van der Waals surface area contributed by atoms with E-state index in [4.69, 9.17) is 4.74 Å². The Morgan fingerprint density at radius 2 is 1.69 bits per heavy atom. The molecule has 0 bridgehead atoms. The lowest BCUT2D eigenvalue weighted by Crippen LogP contribution is -2.54. The highest BCUT2D eigenvalue weighted by Crippen LogP contribution is 2.28. The molecule has 0 aliphatic heterocycles. The van der Waals surface area contributed by atoms with Gasteiger partial charge in [-0.2, -0.15) is 11.8 Å². The number of alkyl carbamates (subject to hydrolysis) is 1. The van der Waals surface area contributed by atoms with Crippen LogP contribution in [0.1, 0.15) is 109 Å². The van der Waals surface area contributed by atoms with E-state index in [1.54, 1.807) is 37.4 Å². The minimum absolute atomic E-state index is 0.0145. The van der Waals surface area contributed by atoms with E-state index in [1.165, 1.54) is 0 Å². The molecule has 0 aliphatic carbocycles. The molecule has 0 aliphatic rings. The van der Waals surface area contributed by atoms with Gasteiger partial charge in [0.15, 0.2) is 0 Å². The van der Waals surface area contributed by atoms with Crippen LogP contribution in [0.3, 0.4) is 0 Å². The summed E-state index contributed by atoms with van der Waals surface area (Å²) < 4.78 is 5.49. The van der Waals surface area contributed by atoms with Crippen molar-refractivity contribution in [3.8, 4) is 0 Å². The lowest BCUT2D eigenvalue weighted by molar-refractivity contribution is -0.143. The standard InChI is InChI=1S/C31H53N3O4S/c1-10-12-13-14-19-34(29(36)26(18-20-39-9)33-30(37)38-31(6,7)8)27(28(35)32-24(5)15-11-2)25-21-22(3)16-17-23(25)4/h16-17,21,24,26-27H,10-15,18-20H2,1-9H3,(H,32,35)(H,33,37). The number of nitrogens with one attached hydrogen (secondary N) is 2. The smallest absolute Gasteiger partial charge is 0.408 e. The van der Waals surface area contributed by atoms with Gasteiger partial charge in [0.2, 0.25) is 11.8 Å². The van der Waals surface area contributed by atoms with E-state index in [2.05, 4.69) is 24.5 Å². The molecule has 0 aromatic heterocycles. The number of carbonyl (C=O) groups is 3. The third kappa shape index (κ3) is 12.7. The summed E-state index contributed by atoms with van der Waals surface area (Å²) in [7, 11) is 0. The minimum atomic E-state index is -0.799. The molecule has 3 amide bonds. The van der Waals surface area contributed by atoms with E-state index in [1.807, 2.05) is 45.2 Å². The van der Waals surface area contributed by atoms with Crippen LogP contribution in [0.25, 0.3) is 0 Å². The zero-order valence-corrected chi connectivity index (χ0v) is 26.6. The van der Waals surface area contributed by atoms with Gasteiger partial charge >= 0.3 is 6.09 Å². The summed E-state index contributed by atoms with van der Waals surface area (Å²) in [5, 5.41) is 5.99. The molecule has 0 spiro atoms. The first-order chi connectivity index (χ1) is 18.3. The molecule has 3 atom stereocenters. The number of hydrogen-bond donors (Lipinski definition) is 2. The van der Waals surface area contributed by atoms with Crippen LogP contribution < -0.4 is 10.6 Å². The van der Waals surface area contributed by atoms with Crippen molar-refractivity contribution in [2.75, 3.05) is 18.6 Å². The highest BCUT2D eigenvalue weighted by atomic mass is 32.2. The first kappa shape index (κ1) is 34.8. The van der Waals surface area contributed by atoms with Crippen LogP contribution in [0.15, 0.2) is 18.2 Å². The van der Waals surface area contributed by atoms with Gasteiger partial charge in [-0.15, -0.1) is 0 Å². The number of rotatable bonds is 16. The second-order valence-corrected chi connectivity index (χ2v) is 12.5. The lowest BCUT2D eigenvalue weighted by Gasteiger charge is -2.36. The molecular formula is C31H53N3O4S. The van der Waals surface area contributed by atoms with Crippen molar-refractivity contribution in [1.82, 2.24) is 15.5 Å². The Hall–Kier alpha value is -2.22. The van der Waals surface area contributed by atoms with Crippen LogP contribution in [0, 0.1) is 13.8 Å². The third-order valence-electron chi connectivity index (χ3n) is 6.54. The summed E-state index contributed by atoms with van der Waals surface area (Å²) >= 11 is 1.61. The fourth-order valence-corrected chi connectivity index (χ4v) is 5.02. The minimum Gasteiger partial charge on any atom is -0.444 e. The second-order valence-electron chi connectivity index (χ2n) is 11.5. The van der Waals surface area contributed by atoms with Gasteiger partial charge < -0.3 is 20.3 Å². The third-order valence-corrected chi connectivity index (χ3v) is 7.18. The van der Waals surface area contributed by atoms with Crippen LogP contribution in [0.2, 0.25) is 0 Å². The number of nitrogens with zero attached hydrogens (tertiary/aromatic N) is 1. The van der Waals surface area contributed by atoms with Crippen LogP contribution in [-0.4, -0.2) is 59.0 Å². The largest absolute Gasteiger partial charge is 0.444 e. The maximum atomic E-state index is 14.3. The van der Waals surface area contributed by atoms with Crippen molar-refractivity contribution in [3.63, 3.8) is 0 Å². The first-order valence-corrected chi connectivity index (χ1v) is 15.9. The van der Waals surface area contributed by atoms with Crippen LogP contribution in [-0.2, 0) is 14.3 Å². The predicted molar refractivity (Wildman–Crippen MR) is 163 cm³/mol. The normalized spacial score (nSPS) is 13.8. The Morgan fingerprint density at radius 1 is 1.00 bits per heavy atom. The Balaban J connectivity index is 3.56. The molecule has 7 nitrogen and oxygen atoms in total. The number of carbonyl (C=O) groups excluding carboxylic acids is 3. The average molecular weight is 564 g/mol. The van der Waals surface area contributed by atoms with E-state index in [9.17, 15) is 14.4 Å². The number of benzene rings is 1. The Morgan fingerprint density at radius 3 is 2.28 bits per heavy atom. The molecular weight excluding hydrogens is 510 g/mol. The van der Waals surface area contributed by atoms with Crippen LogP contribution >= 0.6 is 11.8 Å². The quantitative estimate of drug-likeness (QED) is 0.218. The molecule has 2 N–H and O–H groups in total. The number of aryl methyl sites for hydroxylation is 2. The fourth-order valence-electron chi connectivity index (χ4n) is 4.55. The topological polar surface area (TPSA) is 87.7 Å². The number of amides is 3. The molecule has 0 heterocycles. The van der Waals surface area contributed by atoms with Gasteiger partial charge in [0.05, 0.1) is 0 Å². The fraction of sp³-hybridized carbons (Fsp3) is 0.710. The predicted octanol–water partition coefficient (Wildman–Crippen LogP) is 6.70. The van der Waals surface area contributed by atoms with E-state index >= 15 is 0 Å². The van der Waals surface area contributed by atoms with Gasteiger partial charge in [-0.05, 0) is 83.9 Å². The number of unbranched alkanes of at least 4 members (excludes halogenated alkanes) is 3. The maximum Gasteiger partial charge on any atom is 0.408 e.